The molecule has 0 amide bonds. The van der Waals surface area contributed by atoms with Gasteiger partial charge in [0.05, 0.1) is 5.51 Å². The van der Waals surface area contributed by atoms with Gasteiger partial charge in [-0.1, -0.05) is 0 Å². The van der Waals surface area contributed by atoms with E-state index in [1.807, 2.05) is 11.7 Å². The molecule has 0 spiro atoms. The average Bonchev–Trinajstić information content (AvgIpc) is 2.77. The lowest BCUT2D eigenvalue weighted by molar-refractivity contribution is 0.484. The number of nitrogens with zero attached hydrogens (tertiary/aromatic N) is 1. The zero-order valence-corrected chi connectivity index (χ0v) is 9.09. The molecule has 1 heterocycles. The lowest BCUT2D eigenvalue weighted by Crippen LogP contribution is -2.22. The summed E-state index contributed by atoms with van der Waals surface area (Å²) in [6.07, 6.45) is 5.61. The summed E-state index contributed by atoms with van der Waals surface area (Å²) in [4.78, 5) is 5.36. The predicted octanol–water partition coefficient (Wildman–Crippen LogP) is 1.36. The van der Waals surface area contributed by atoms with Gasteiger partial charge in [-0.3, -0.25) is 4.98 Å². The van der Waals surface area contributed by atoms with E-state index in [-0.39, 0.29) is 0 Å². The molecule has 1 aromatic rings. The van der Waals surface area contributed by atoms with Crippen molar-refractivity contribution in [2.75, 3.05) is 6.54 Å². The van der Waals surface area contributed by atoms with E-state index < -0.39 is 0 Å². The minimum absolute atomic E-state index is 0.449. The van der Waals surface area contributed by atoms with Crippen LogP contribution in [0.4, 0.5) is 0 Å². The topological polar surface area (TPSA) is 50.9 Å². The van der Waals surface area contributed by atoms with Gasteiger partial charge in [-0.05, 0) is 31.7 Å². The molecule has 78 valence electrons. The Balaban J connectivity index is 1.64. The fraction of sp³-hybridized carbons (Fsp3) is 0.700. The van der Waals surface area contributed by atoms with Crippen molar-refractivity contribution in [3.8, 4) is 0 Å². The van der Waals surface area contributed by atoms with E-state index in [4.69, 9.17) is 5.73 Å². The third-order valence-electron chi connectivity index (χ3n) is 2.80. The molecule has 4 heteroatoms. The van der Waals surface area contributed by atoms with Crippen molar-refractivity contribution >= 4 is 11.3 Å². The molecule has 1 saturated carbocycles. The number of hydrogen-bond acceptors (Lipinski definition) is 4. The van der Waals surface area contributed by atoms with Crippen molar-refractivity contribution in [1.29, 1.82) is 0 Å². The van der Waals surface area contributed by atoms with Gasteiger partial charge in [0.15, 0.2) is 0 Å². The summed E-state index contributed by atoms with van der Waals surface area (Å²) in [5.74, 6) is 0.790. The predicted molar refractivity (Wildman–Crippen MR) is 59.1 cm³/mol. The van der Waals surface area contributed by atoms with E-state index in [0.29, 0.717) is 6.04 Å². The number of rotatable bonds is 4. The van der Waals surface area contributed by atoms with E-state index in [2.05, 4.69) is 10.3 Å². The molecule has 2 unspecified atom stereocenters. The number of nitrogens with two attached hydrogens (primary N) is 1. The first-order valence-corrected chi connectivity index (χ1v) is 6.06. The van der Waals surface area contributed by atoms with Crippen LogP contribution >= 0.6 is 11.3 Å². The number of thiazole rings is 1. The molecule has 2 rings (SSSR count). The summed E-state index contributed by atoms with van der Waals surface area (Å²) in [5, 5.41) is 3.47. The lowest BCUT2D eigenvalue weighted by Gasteiger charge is -2.09. The van der Waals surface area contributed by atoms with Crippen LogP contribution in [0, 0.1) is 5.92 Å². The Kier molecular flexibility index (Phi) is 3.50. The highest BCUT2D eigenvalue weighted by molar-refractivity contribution is 7.09. The summed E-state index contributed by atoms with van der Waals surface area (Å²) in [6.45, 7) is 2.06. The van der Waals surface area contributed by atoms with Gasteiger partial charge in [0.2, 0.25) is 0 Å². The molecule has 0 bridgehead atoms. The van der Waals surface area contributed by atoms with Crippen molar-refractivity contribution < 1.29 is 0 Å². The lowest BCUT2D eigenvalue weighted by atomic mass is 10.1. The summed E-state index contributed by atoms with van der Waals surface area (Å²) >= 11 is 1.71. The first-order valence-electron chi connectivity index (χ1n) is 5.18. The summed E-state index contributed by atoms with van der Waals surface area (Å²) < 4.78 is 0. The molecule has 2 atom stereocenters. The quantitative estimate of drug-likeness (QED) is 0.790. The van der Waals surface area contributed by atoms with E-state index >= 15 is 0 Å². The van der Waals surface area contributed by atoms with Crippen LogP contribution in [0.3, 0.4) is 0 Å². The van der Waals surface area contributed by atoms with Crippen LogP contribution in [0.5, 0.6) is 0 Å². The van der Waals surface area contributed by atoms with Crippen LogP contribution in [0.1, 0.15) is 24.1 Å². The molecule has 0 aliphatic heterocycles. The van der Waals surface area contributed by atoms with Gasteiger partial charge < -0.3 is 11.1 Å². The second kappa shape index (κ2) is 4.87. The van der Waals surface area contributed by atoms with E-state index in [9.17, 15) is 0 Å². The molecule has 0 aromatic carbocycles. The van der Waals surface area contributed by atoms with Gasteiger partial charge >= 0.3 is 0 Å². The van der Waals surface area contributed by atoms with Crippen LogP contribution in [-0.2, 0) is 6.54 Å². The fourth-order valence-corrected chi connectivity index (χ4v) is 2.59. The van der Waals surface area contributed by atoms with Crippen molar-refractivity contribution in [2.45, 2.75) is 31.8 Å². The summed E-state index contributed by atoms with van der Waals surface area (Å²) in [5.41, 5.74) is 7.73. The average molecular weight is 211 g/mol. The molecule has 1 aliphatic carbocycles. The third-order valence-corrected chi connectivity index (χ3v) is 3.58. The molecule has 1 aliphatic rings. The molecule has 1 aromatic heterocycles. The highest BCUT2D eigenvalue weighted by Crippen LogP contribution is 2.23. The largest absolute Gasteiger partial charge is 0.328 e. The maximum absolute atomic E-state index is 5.86. The number of aromatic nitrogens is 1. The Hall–Kier alpha value is -0.450. The molecule has 3 N–H and O–H groups in total. The second-order valence-corrected chi connectivity index (χ2v) is 5.01. The maximum Gasteiger partial charge on any atom is 0.0794 e. The van der Waals surface area contributed by atoms with Gasteiger partial charge in [-0.15, -0.1) is 11.3 Å². The summed E-state index contributed by atoms with van der Waals surface area (Å²) in [7, 11) is 0. The fourth-order valence-electron chi connectivity index (χ4n) is 2.03. The first kappa shape index (κ1) is 10.1. The Labute approximate surface area is 88.7 Å². The minimum atomic E-state index is 0.449. The van der Waals surface area contributed by atoms with Crippen LogP contribution in [0.25, 0.3) is 0 Å². The van der Waals surface area contributed by atoms with Crippen molar-refractivity contribution in [1.82, 2.24) is 10.3 Å². The van der Waals surface area contributed by atoms with Gasteiger partial charge in [0.1, 0.15) is 0 Å². The van der Waals surface area contributed by atoms with Gasteiger partial charge in [-0.2, -0.15) is 0 Å². The maximum atomic E-state index is 5.86. The second-order valence-electron chi connectivity index (χ2n) is 4.04. The van der Waals surface area contributed by atoms with E-state index in [0.717, 1.165) is 19.0 Å². The monoisotopic (exact) mass is 211 g/mol. The zero-order chi connectivity index (χ0) is 9.80. The van der Waals surface area contributed by atoms with Crippen LogP contribution in [0.2, 0.25) is 0 Å². The van der Waals surface area contributed by atoms with E-state index in [1.54, 1.807) is 11.3 Å². The van der Waals surface area contributed by atoms with Gasteiger partial charge in [0, 0.05) is 23.7 Å². The molecule has 3 nitrogen and oxygen atoms in total. The Morgan fingerprint density at radius 1 is 1.57 bits per heavy atom. The standard InChI is InChI=1S/C10H17N3S/c11-9-2-1-8(3-9)4-12-5-10-6-13-7-14-10/h6-9,12H,1-5,11H2. The summed E-state index contributed by atoms with van der Waals surface area (Å²) in [6, 6.07) is 0.449. The Bertz CT molecular complexity index is 260. The van der Waals surface area contributed by atoms with Crippen LogP contribution in [-0.4, -0.2) is 17.6 Å². The molecule has 1 fully saturated rings. The smallest absolute Gasteiger partial charge is 0.0794 e. The first-order chi connectivity index (χ1) is 6.84. The van der Waals surface area contributed by atoms with Gasteiger partial charge in [0.25, 0.3) is 0 Å². The van der Waals surface area contributed by atoms with E-state index in [1.165, 1.54) is 24.1 Å². The van der Waals surface area contributed by atoms with Crippen LogP contribution < -0.4 is 11.1 Å². The molecule has 0 radical (unpaired) electrons. The highest BCUT2D eigenvalue weighted by atomic mass is 32.1. The van der Waals surface area contributed by atoms with Crippen molar-refractivity contribution in [2.24, 2.45) is 11.7 Å². The van der Waals surface area contributed by atoms with Crippen molar-refractivity contribution in [3.63, 3.8) is 0 Å². The minimum Gasteiger partial charge on any atom is -0.328 e. The normalized spacial score (nSPS) is 26.9. The van der Waals surface area contributed by atoms with Crippen molar-refractivity contribution in [3.05, 3.63) is 16.6 Å². The Morgan fingerprint density at radius 2 is 2.50 bits per heavy atom. The molecular weight excluding hydrogens is 194 g/mol. The highest BCUT2D eigenvalue weighted by Gasteiger charge is 2.20. The van der Waals surface area contributed by atoms with Crippen LogP contribution in [0.15, 0.2) is 11.7 Å². The third kappa shape index (κ3) is 2.77. The van der Waals surface area contributed by atoms with Gasteiger partial charge in [-0.25, -0.2) is 0 Å². The Morgan fingerprint density at radius 3 is 3.14 bits per heavy atom. The zero-order valence-electron chi connectivity index (χ0n) is 8.28. The number of hydrogen-bond donors (Lipinski definition) is 2. The number of nitrogens with one attached hydrogen (secondary N) is 1. The molecule has 0 saturated heterocycles. The molecular formula is C10H17N3S. The molecule has 14 heavy (non-hydrogen) atoms. The SMILES string of the molecule is NC1CCC(CNCc2cncs2)C1.